The Morgan fingerprint density at radius 2 is 1.78 bits per heavy atom. The van der Waals surface area contributed by atoms with E-state index in [4.69, 9.17) is 11.6 Å². The zero-order valence-electron chi connectivity index (χ0n) is 9.18. The van der Waals surface area contributed by atoms with Gasteiger partial charge in [-0.15, -0.1) is 0 Å². The van der Waals surface area contributed by atoms with Gasteiger partial charge in [0.15, 0.2) is 0 Å². The van der Waals surface area contributed by atoms with Crippen LogP contribution in [0.5, 0.6) is 0 Å². The van der Waals surface area contributed by atoms with Crippen molar-refractivity contribution in [3.05, 3.63) is 63.1 Å². The summed E-state index contributed by atoms with van der Waals surface area (Å²) in [7, 11) is 0. The third kappa shape index (κ3) is 3.00. The summed E-state index contributed by atoms with van der Waals surface area (Å²) in [5, 5.41) is 3.49. The molecule has 18 heavy (non-hydrogen) atoms. The summed E-state index contributed by atoms with van der Waals surface area (Å²) in [5.74, 6) is -1.14. The first-order valence-corrected chi connectivity index (χ1v) is 6.37. The molecule has 0 bridgehead atoms. The van der Waals surface area contributed by atoms with Crippen molar-refractivity contribution in [2.75, 3.05) is 5.32 Å². The highest BCUT2D eigenvalue weighted by atomic mass is 79.9. The van der Waals surface area contributed by atoms with Crippen LogP contribution in [-0.2, 0) is 6.54 Å². The lowest BCUT2D eigenvalue weighted by Gasteiger charge is -2.10. The molecule has 1 nitrogen and oxygen atoms in total. The number of hydrogen-bond donors (Lipinski definition) is 1. The molecule has 2 rings (SSSR count). The molecule has 0 aliphatic carbocycles. The lowest BCUT2D eigenvalue weighted by Crippen LogP contribution is -2.04. The van der Waals surface area contributed by atoms with Gasteiger partial charge in [-0.05, 0) is 46.3 Å². The molecule has 0 saturated heterocycles. The molecule has 0 aliphatic heterocycles. The maximum Gasteiger partial charge on any atom is 0.131 e. The Morgan fingerprint density at radius 3 is 2.44 bits per heavy atom. The van der Waals surface area contributed by atoms with E-state index in [0.29, 0.717) is 10.7 Å². The van der Waals surface area contributed by atoms with E-state index in [-0.39, 0.29) is 12.1 Å². The van der Waals surface area contributed by atoms with Crippen molar-refractivity contribution < 1.29 is 8.78 Å². The Kier molecular flexibility index (Phi) is 4.19. The average Bonchev–Trinajstić information content (AvgIpc) is 2.33. The maximum atomic E-state index is 13.4. The van der Waals surface area contributed by atoms with E-state index in [1.807, 2.05) is 0 Å². The highest BCUT2D eigenvalue weighted by Gasteiger charge is 2.08. The molecule has 0 heterocycles. The van der Waals surface area contributed by atoms with E-state index in [1.165, 1.54) is 18.2 Å². The van der Waals surface area contributed by atoms with Gasteiger partial charge in [0.1, 0.15) is 11.6 Å². The molecule has 5 heteroatoms. The second-order valence-corrected chi connectivity index (χ2v) is 4.97. The zero-order chi connectivity index (χ0) is 13.1. The monoisotopic (exact) mass is 331 g/mol. The Balaban J connectivity index is 2.19. The van der Waals surface area contributed by atoms with Gasteiger partial charge in [-0.1, -0.05) is 17.7 Å². The fourth-order valence-electron chi connectivity index (χ4n) is 1.52. The van der Waals surface area contributed by atoms with E-state index in [1.54, 1.807) is 18.2 Å². The van der Waals surface area contributed by atoms with Gasteiger partial charge in [-0.25, -0.2) is 8.78 Å². The molecule has 0 unspecified atom stereocenters. The average molecular weight is 333 g/mol. The summed E-state index contributed by atoms with van der Waals surface area (Å²) in [6.45, 7) is 0.0530. The van der Waals surface area contributed by atoms with Gasteiger partial charge >= 0.3 is 0 Å². The second-order valence-electron chi connectivity index (χ2n) is 3.68. The topological polar surface area (TPSA) is 12.0 Å². The van der Waals surface area contributed by atoms with Crippen molar-refractivity contribution in [1.82, 2.24) is 0 Å². The molecule has 0 radical (unpaired) electrons. The summed E-state index contributed by atoms with van der Waals surface area (Å²) in [6, 6.07) is 8.97. The van der Waals surface area contributed by atoms with Gasteiger partial charge in [0, 0.05) is 21.6 Å². The van der Waals surface area contributed by atoms with E-state index in [0.717, 1.165) is 4.47 Å². The molecule has 0 fully saturated rings. The van der Waals surface area contributed by atoms with Crippen LogP contribution in [0.15, 0.2) is 40.9 Å². The summed E-state index contributed by atoms with van der Waals surface area (Å²) >= 11 is 9.18. The van der Waals surface area contributed by atoms with Crippen molar-refractivity contribution in [1.29, 1.82) is 0 Å². The minimum absolute atomic E-state index is 0.00405. The number of hydrogen-bond acceptors (Lipinski definition) is 1. The Morgan fingerprint density at radius 1 is 1.11 bits per heavy atom. The van der Waals surface area contributed by atoms with Crippen LogP contribution >= 0.6 is 27.5 Å². The smallest absolute Gasteiger partial charge is 0.131 e. The molecular formula is C13H9BrClF2N. The molecule has 94 valence electrons. The molecule has 2 aromatic carbocycles. The lowest BCUT2D eigenvalue weighted by atomic mass is 10.2. The van der Waals surface area contributed by atoms with Crippen LogP contribution in [0.4, 0.5) is 14.5 Å². The first kappa shape index (κ1) is 13.3. The quantitative estimate of drug-likeness (QED) is 0.834. The molecule has 1 N–H and O–H groups in total. The Bertz CT molecular complexity index is 555. The van der Waals surface area contributed by atoms with E-state index in [9.17, 15) is 8.78 Å². The third-order valence-electron chi connectivity index (χ3n) is 2.45. The summed E-state index contributed by atoms with van der Waals surface area (Å²) < 4.78 is 27.6. The van der Waals surface area contributed by atoms with Crippen LogP contribution in [0.2, 0.25) is 5.02 Å². The molecule has 0 spiro atoms. The Hall–Kier alpha value is -1.13. The van der Waals surface area contributed by atoms with Crippen LogP contribution < -0.4 is 5.32 Å². The first-order chi connectivity index (χ1) is 8.58. The number of rotatable bonds is 3. The maximum absolute atomic E-state index is 13.4. The first-order valence-electron chi connectivity index (χ1n) is 5.20. The van der Waals surface area contributed by atoms with Crippen LogP contribution in [-0.4, -0.2) is 0 Å². The molecule has 0 atom stereocenters. The largest absolute Gasteiger partial charge is 0.380 e. The third-order valence-corrected chi connectivity index (χ3v) is 3.37. The van der Waals surface area contributed by atoms with Crippen molar-refractivity contribution in [2.24, 2.45) is 0 Å². The van der Waals surface area contributed by atoms with Gasteiger partial charge in [0.2, 0.25) is 0 Å². The summed E-state index contributed by atoms with van der Waals surface area (Å²) in [4.78, 5) is 0. The van der Waals surface area contributed by atoms with E-state index >= 15 is 0 Å². The van der Waals surface area contributed by atoms with Crippen LogP contribution in [0.3, 0.4) is 0 Å². The zero-order valence-corrected chi connectivity index (χ0v) is 11.5. The minimum atomic E-state index is -0.569. The van der Waals surface area contributed by atoms with Crippen LogP contribution in [0.25, 0.3) is 0 Å². The molecular weight excluding hydrogens is 324 g/mol. The van der Waals surface area contributed by atoms with Gasteiger partial charge in [-0.2, -0.15) is 0 Å². The van der Waals surface area contributed by atoms with Crippen molar-refractivity contribution in [3.8, 4) is 0 Å². The van der Waals surface area contributed by atoms with E-state index in [2.05, 4.69) is 21.2 Å². The predicted octanol–water partition coefficient (Wildman–Crippen LogP) is 4.99. The highest BCUT2D eigenvalue weighted by molar-refractivity contribution is 9.10. The summed E-state index contributed by atoms with van der Waals surface area (Å²) in [6.07, 6.45) is 0. The van der Waals surface area contributed by atoms with Gasteiger partial charge in [0.25, 0.3) is 0 Å². The standard InChI is InChI=1S/C13H9BrClF2N/c14-10-5-4-8(15)6-13(10)18-7-9-11(16)2-1-3-12(9)17/h1-6,18H,7H2. The molecule has 2 aromatic rings. The number of nitrogens with one attached hydrogen (secondary N) is 1. The van der Waals surface area contributed by atoms with Crippen molar-refractivity contribution in [3.63, 3.8) is 0 Å². The van der Waals surface area contributed by atoms with Gasteiger partial charge < -0.3 is 5.32 Å². The summed E-state index contributed by atoms with van der Waals surface area (Å²) in [5.41, 5.74) is 0.689. The minimum Gasteiger partial charge on any atom is -0.380 e. The number of halogens is 4. The van der Waals surface area contributed by atoms with Gasteiger partial charge in [0.05, 0.1) is 5.69 Å². The highest BCUT2D eigenvalue weighted by Crippen LogP contribution is 2.26. The van der Waals surface area contributed by atoms with Crippen molar-refractivity contribution in [2.45, 2.75) is 6.54 Å². The fourth-order valence-corrected chi connectivity index (χ4v) is 2.08. The second kappa shape index (κ2) is 5.67. The van der Waals surface area contributed by atoms with Crippen LogP contribution in [0.1, 0.15) is 5.56 Å². The molecule has 0 aliphatic rings. The van der Waals surface area contributed by atoms with Crippen molar-refractivity contribution >= 4 is 33.2 Å². The normalized spacial score (nSPS) is 10.4. The van der Waals surface area contributed by atoms with E-state index < -0.39 is 11.6 Å². The Labute approximate surface area is 117 Å². The lowest BCUT2D eigenvalue weighted by molar-refractivity contribution is 0.560. The van der Waals surface area contributed by atoms with Crippen LogP contribution in [0, 0.1) is 11.6 Å². The number of anilines is 1. The predicted molar refractivity (Wildman–Crippen MR) is 72.8 cm³/mol. The SMILES string of the molecule is Fc1cccc(F)c1CNc1cc(Cl)ccc1Br. The molecule has 0 amide bonds. The molecule has 0 aromatic heterocycles. The molecule has 0 saturated carbocycles. The van der Waals surface area contributed by atoms with Gasteiger partial charge in [-0.3, -0.25) is 0 Å². The fraction of sp³-hybridized carbons (Fsp3) is 0.0769. The number of benzene rings is 2.